The maximum atomic E-state index is 12.2. The van der Waals surface area contributed by atoms with Gasteiger partial charge in [-0.2, -0.15) is 0 Å². The standard InChI is InChI=1S/C20H21N5O4/c1-27-17-10-14(11-18(28-2)20(17)29-3)4-5-19(26)22-12-15-13-25(24-23-15)16-6-8-21-9-7-16/h4-11,13H,12H2,1-3H3,(H,22,26)/b5-4+. The molecular weight excluding hydrogens is 374 g/mol. The molecule has 9 heteroatoms. The molecule has 0 saturated carbocycles. The van der Waals surface area contributed by atoms with Crippen molar-refractivity contribution >= 4 is 12.0 Å². The van der Waals surface area contributed by atoms with Crippen LogP contribution in [0.5, 0.6) is 17.2 Å². The van der Waals surface area contributed by atoms with Gasteiger partial charge in [0.15, 0.2) is 11.5 Å². The van der Waals surface area contributed by atoms with Gasteiger partial charge in [0.1, 0.15) is 5.69 Å². The number of hydrogen-bond acceptors (Lipinski definition) is 7. The highest BCUT2D eigenvalue weighted by Gasteiger charge is 2.12. The maximum absolute atomic E-state index is 12.2. The number of carbonyl (C=O) groups is 1. The van der Waals surface area contributed by atoms with Crippen LogP contribution in [0.25, 0.3) is 11.8 Å². The first-order chi connectivity index (χ1) is 14.1. The Hall–Kier alpha value is -3.88. The molecule has 0 aliphatic heterocycles. The minimum Gasteiger partial charge on any atom is -0.493 e. The Morgan fingerprint density at radius 1 is 1.10 bits per heavy atom. The van der Waals surface area contributed by atoms with Gasteiger partial charge in [0.2, 0.25) is 11.7 Å². The number of benzene rings is 1. The molecule has 0 aliphatic rings. The number of hydrogen-bond donors (Lipinski definition) is 1. The van der Waals surface area contributed by atoms with Gasteiger partial charge in [-0.1, -0.05) is 5.21 Å². The zero-order chi connectivity index (χ0) is 20.6. The second-order valence-electron chi connectivity index (χ2n) is 5.87. The summed E-state index contributed by atoms with van der Waals surface area (Å²) in [5, 5.41) is 10.9. The van der Waals surface area contributed by atoms with Crippen LogP contribution >= 0.6 is 0 Å². The Balaban J connectivity index is 1.62. The van der Waals surface area contributed by atoms with Gasteiger partial charge >= 0.3 is 0 Å². The van der Waals surface area contributed by atoms with E-state index in [1.54, 1.807) is 41.5 Å². The molecule has 1 N–H and O–H groups in total. The summed E-state index contributed by atoms with van der Waals surface area (Å²) >= 11 is 0. The van der Waals surface area contributed by atoms with Crippen molar-refractivity contribution < 1.29 is 19.0 Å². The highest BCUT2D eigenvalue weighted by molar-refractivity contribution is 5.91. The van der Waals surface area contributed by atoms with Crippen LogP contribution in [-0.2, 0) is 11.3 Å². The molecule has 0 fully saturated rings. The van der Waals surface area contributed by atoms with Crippen LogP contribution in [0.3, 0.4) is 0 Å². The van der Waals surface area contributed by atoms with Crippen molar-refractivity contribution in [1.29, 1.82) is 0 Å². The number of rotatable bonds is 8. The van der Waals surface area contributed by atoms with E-state index in [-0.39, 0.29) is 12.5 Å². The van der Waals surface area contributed by atoms with E-state index in [1.807, 2.05) is 12.1 Å². The summed E-state index contributed by atoms with van der Waals surface area (Å²) in [5.41, 5.74) is 2.21. The fourth-order valence-electron chi connectivity index (χ4n) is 2.61. The zero-order valence-electron chi connectivity index (χ0n) is 16.3. The SMILES string of the molecule is COc1cc(/C=C/C(=O)NCc2cn(-c3ccncc3)nn2)cc(OC)c1OC. The van der Waals surface area contributed by atoms with Gasteiger partial charge in [-0.3, -0.25) is 9.78 Å². The predicted molar refractivity (Wildman–Crippen MR) is 106 cm³/mol. The van der Waals surface area contributed by atoms with E-state index in [2.05, 4.69) is 20.6 Å². The van der Waals surface area contributed by atoms with E-state index in [4.69, 9.17) is 14.2 Å². The first-order valence-electron chi connectivity index (χ1n) is 8.72. The topological polar surface area (TPSA) is 100 Å². The summed E-state index contributed by atoms with van der Waals surface area (Å²) in [7, 11) is 4.61. The van der Waals surface area contributed by atoms with E-state index < -0.39 is 0 Å². The fourth-order valence-corrected chi connectivity index (χ4v) is 2.61. The Bertz CT molecular complexity index is 976. The molecule has 0 unspecified atom stereocenters. The largest absolute Gasteiger partial charge is 0.493 e. The third-order valence-electron chi connectivity index (χ3n) is 4.03. The van der Waals surface area contributed by atoms with Crippen LogP contribution < -0.4 is 19.5 Å². The molecule has 0 atom stereocenters. The molecule has 2 heterocycles. The van der Waals surface area contributed by atoms with Gasteiger partial charge < -0.3 is 19.5 Å². The molecule has 2 aromatic heterocycles. The van der Waals surface area contributed by atoms with Gasteiger partial charge in [-0.15, -0.1) is 5.10 Å². The number of ether oxygens (including phenoxy) is 3. The van der Waals surface area contributed by atoms with Gasteiger partial charge in [0.25, 0.3) is 0 Å². The lowest BCUT2D eigenvalue weighted by molar-refractivity contribution is -0.116. The van der Waals surface area contributed by atoms with Gasteiger partial charge in [0.05, 0.1) is 39.8 Å². The summed E-state index contributed by atoms with van der Waals surface area (Å²) in [6.45, 7) is 0.253. The average molecular weight is 395 g/mol. The summed E-state index contributed by atoms with van der Waals surface area (Å²) in [6.07, 6.45) is 8.18. The smallest absolute Gasteiger partial charge is 0.244 e. The van der Waals surface area contributed by atoms with Crippen molar-refractivity contribution in [1.82, 2.24) is 25.3 Å². The maximum Gasteiger partial charge on any atom is 0.244 e. The summed E-state index contributed by atoms with van der Waals surface area (Å²) in [6, 6.07) is 7.14. The minimum atomic E-state index is -0.266. The molecule has 9 nitrogen and oxygen atoms in total. The molecule has 3 rings (SSSR count). The van der Waals surface area contributed by atoms with E-state index in [0.717, 1.165) is 11.3 Å². The second kappa shape index (κ2) is 9.36. The Morgan fingerprint density at radius 2 is 1.79 bits per heavy atom. The van der Waals surface area contributed by atoms with Crippen molar-refractivity contribution in [3.05, 3.63) is 60.2 Å². The van der Waals surface area contributed by atoms with Crippen LogP contribution in [0.15, 0.2) is 48.9 Å². The zero-order valence-corrected chi connectivity index (χ0v) is 16.3. The number of carbonyl (C=O) groups excluding carboxylic acids is 1. The lowest BCUT2D eigenvalue weighted by Crippen LogP contribution is -2.20. The van der Waals surface area contributed by atoms with Gasteiger partial charge in [-0.05, 0) is 35.9 Å². The van der Waals surface area contributed by atoms with E-state index >= 15 is 0 Å². The molecule has 0 spiro atoms. The third-order valence-corrected chi connectivity index (χ3v) is 4.03. The third kappa shape index (κ3) is 4.89. The monoisotopic (exact) mass is 395 g/mol. The average Bonchev–Trinajstić information content (AvgIpc) is 3.25. The minimum absolute atomic E-state index is 0.253. The van der Waals surface area contributed by atoms with Gasteiger partial charge in [0, 0.05) is 18.5 Å². The van der Waals surface area contributed by atoms with Crippen LogP contribution in [0.2, 0.25) is 0 Å². The van der Waals surface area contributed by atoms with Crippen LogP contribution in [0.4, 0.5) is 0 Å². The second-order valence-corrected chi connectivity index (χ2v) is 5.87. The molecule has 1 aromatic carbocycles. The number of aromatic nitrogens is 4. The quantitative estimate of drug-likeness (QED) is 0.582. The molecule has 0 bridgehead atoms. The first-order valence-corrected chi connectivity index (χ1v) is 8.72. The molecule has 150 valence electrons. The molecule has 3 aromatic rings. The van der Waals surface area contributed by atoms with Crippen molar-refractivity contribution in [2.45, 2.75) is 6.54 Å². The Kier molecular flexibility index (Phi) is 6.41. The number of methoxy groups -OCH3 is 3. The molecule has 0 aliphatic carbocycles. The molecule has 0 radical (unpaired) electrons. The van der Waals surface area contributed by atoms with Crippen molar-refractivity contribution in [3.63, 3.8) is 0 Å². The molecular formula is C20H21N5O4. The van der Waals surface area contributed by atoms with Crippen molar-refractivity contribution in [3.8, 4) is 22.9 Å². The van der Waals surface area contributed by atoms with Crippen LogP contribution in [0, 0.1) is 0 Å². The molecule has 1 amide bonds. The number of nitrogens with one attached hydrogen (secondary N) is 1. The number of nitrogens with zero attached hydrogens (tertiary/aromatic N) is 4. The summed E-state index contributed by atoms with van der Waals surface area (Å²) in [5.74, 6) is 1.25. The van der Waals surface area contributed by atoms with E-state index in [9.17, 15) is 4.79 Å². The van der Waals surface area contributed by atoms with Gasteiger partial charge in [-0.25, -0.2) is 4.68 Å². The highest BCUT2D eigenvalue weighted by Crippen LogP contribution is 2.38. The van der Waals surface area contributed by atoms with Crippen molar-refractivity contribution in [2.24, 2.45) is 0 Å². The van der Waals surface area contributed by atoms with E-state index in [0.29, 0.717) is 22.9 Å². The lowest BCUT2D eigenvalue weighted by atomic mass is 10.1. The number of amides is 1. The summed E-state index contributed by atoms with van der Waals surface area (Å²) in [4.78, 5) is 16.1. The molecule has 29 heavy (non-hydrogen) atoms. The molecule has 0 saturated heterocycles. The van der Waals surface area contributed by atoms with Crippen LogP contribution in [-0.4, -0.2) is 47.2 Å². The van der Waals surface area contributed by atoms with Crippen LogP contribution in [0.1, 0.15) is 11.3 Å². The fraction of sp³-hybridized carbons (Fsp3) is 0.200. The lowest BCUT2D eigenvalue weighted by Gasteiger charge is -2.12. The Morgan fingerprint density at radius 3 is 2.41 bits per heavy atom. The Labute approximate surface area is 167 Å². The predicted octanol–water partition coefficient (Wildman–Crippen LogP) is 2.02. The van der Waals surface area contributed by atoms with E-state index in [1.165, 1.54) is 27.4 Å². The summed E-state index contributed by atoms with van der Waals surface area (Å²) < 4.78 is 17.5. The first kappa shape index (κ1) is 19.9. The normalized spacial score (nSPS) is 10.7. The highest BCUT2D eigenvalue weighted by atomic mass is 16.5. The number of pyridine rings is 1. The van der Waals surface area contributed by atoms with Crippen molar-refractivity contribution in [2.75, 3.05) is 21.3 Å².